The standard InChI is InChI=1S/C17H19ClN2O/c1-17(2,3)16(21)20-15-10-8-14(9-11-15)19-13-6-4-12(18)5-7-13/h4-11,19H,1-3H3,(H,20,21). The van der Waals surface area contributed by atoms with Crippen LogP contribution in [-0.4, -0.2) is 5.91 Å². The largest absolute Gasteiger partial charge is 0.356 e. The Balaban J connectivity index is 2.02. The summed E-state index contributed by atoms with van der Waals surface area (Å²) in [5.74, 6) is 0.000843. The van der Waals surface area contributed by atoms with Gasteiger partial charge in [-0.1, -0.05) is 32.4 Å². The number of benzene rings is 2. The summed E-state index contributed by atoms with van der Waals surface area (Å²) in [5.41, 5.74) is 2.30. The van der Waals surface area contributed by atoms with Crippen LogP contribution in [0.2, 0.25) is 5.02 Å². The SMILES string of the molecule is CC(C)(C)C(=O)Nc1ccc(Nc2ccc(Cl)cc2)cc1. The highest BCUT2D eigenvalue weighted by Gasteiger charge is 2.20. The molecule has 0 aliphatic carbocycles. The van der Waals surface area contributed by atoms with Crippen LogP contribution in [0.3, 0.4) is 0 Å². The molecule has 0 aromatic heterocycles. The van der Waals surface area contributed by atoms with Crippen LogP contribution in [0.4, 0.5) is 17.1 Å². The number of hydrogen-bond acceptors (Lipinski definition) is 2. The van der Waals surface area contributed by atoms with Gasteiger partial charge >= 0.3 is 0 Å². The number of amides is 1. The highest BCUT2D eigenvalue weighted by Crippen LogP contribution is 2.22. The van der Waals surface area contributed by atoms with E-state index in [4.69, 9.17) is 11.6 Å². The molecule has 0 fully saturated rings. The predicted octanol–water partition coefficient (Wildman–Crippen LogP) is 5.07. The normalized spacial score (nSPS) is 11.0. The van der Waals surface area contributed by atoms with Gasteiger partial charge in [-0.15, -0.1) is 0 Å². The zero-order valence-corrected chi connectivity index (χ0v) is 13.2. The summed E-state index contributed by atoms with van der Waals surface area (Å²) in [7, 11) is 0. The number of halogens is 1. The van der Waals surface area contributed by atoms with E-state index < -0.39 is 5.41 Å². The van der Waals surface area contributed by atoms with Crippen molar-refractivity contribution in [2.24, 2.45) is 5.41 Å². The van der Waals surface area contributed by atoms with Crippen LogP contribution in [-0.2, 0) is 4.79 Å². The van der Waals surface area contributed by atoms with E-state index in [1.54, 1.807) is 0 Å². The molecule has 0 saturated heterocycles. The Hall–Kier alpha value is -2.00. The van der Waals surface area contributed by atoms with Gasteiger partial charge in [0.05, 0.1) is 0 Å². The molecule has 0 unspecified atom stereocenters. The second-order valence-corrected chi connectivity index (χ2v) is 6.35. The maximum absolute atomic E-state index is 11.9. The van der Waals surface area contributed by atoms with E-state index in [-0.39, 0.29) is 5.91 Å². The number of rotatable bonds is 3. The molecule has 0 aliphatic rings. The van der Waals surface area contributed by atoms with Crippen LogP contribution in [0.5, 0.6) is 0 Å². The number of nitrogens with one attached hydrogen (secondary N) is 2. The highest BCUT2D eigenvalue weighted by molar-refractivity contribution is 6.30. The van der Waals surface area contributed by atoms with Crippen molar-refractivity contribution in [2.45, 2.75) is 20.8 Å². The van der Waals surface area contributed by atoms with E-state index in [1.807, 2.05) is 69.3 Å². The van der Waals surface area contributed by atoms with Gasteiger partial charge in [-0.2, -0.15) is 0 Å². The van der Waals surface area contributed by atoms with Crippen molar-refractivity contribution in [1.82, 2.24) is 0 Å². The molecule has 4 heteroatoms. The number of carbonyl (C=O) groups is 1. The van der Waals surface area contributed by atoms with Gasteiger partial charge in [-0.25, -0.2) is 0 Å². The molecule has 0 heterocycles. The van der Waals surface area contributed by atoms with Crippen molar-refractivity contribution in [3.05, 3.63) is 53.6 Å². The molecule has 0 aliphatic heterocycles. The molecule has 2 rings (SSSR count). The van der Waals surface area contributed by atoms with Crippen molar-refractivity contribution in [3.8, 4) is 0 Å². The zero-order valence-electron chi connectivity index (χ0n) is 12.4. The van der Waals surface area contributed by atoms with Gasteiger partial charge in [-0.3, -0.25) is 4.79 Å². The monoisotopic (exact) mass is 302 g/mol. The van der Waals surface area contributed by atoms with E-state index in [1.165, 1.54) is 0 Å². The lowest BCUT2D eigenvalue weighted by Crippen LogP contribution is -2.27. The average Bonchev–Trinajstić information content (AvgIpc) is 2.42. The maximum Gasteiger partial charge on any atom is 0.229 e. The summed E-state index contributed by atoms with van der Waals surface area (Å²) in [6.45, 7) is 5.66. The van der Waals surface area contributed by atoms with Crippen LogP contribution in [0, 0.1) is 5.41 Å². The van der Waals surface area contributed by atoms with Crippen LogP contribution < -0.4 is 10.6 Å². The van der Waals surface area contributed by atoms with Crippen molar-refractivity contribution in [1.29, 1.82) is 0 Å². The Morgan fingerprint density at radius 2 is 1.29 bits per heavy atom. The Bertz CT molecular complexity index is 613. The Labute approximate surface area is 130 Å². The molecule has 2 aromatic carbocycles. The number of anilines is 3. The van der Waals surface area contributed by atoms with Crippen molar-refractivity contribution < 1.29 is 4.79 Å². The molecule has 1 amide bonds. The summed E-state index contributed by atoms with van der Waals surface area (Å²) < 4.78 is 0. The summed E-state index contributed by atoms with van der Waals surface area (Å²) >= 11 is 5.85. The van der Waals surface area contributed by atoms with Gasteiger partial charge in [0.2, 0.25) is 5.91 Å². The molecule has 3 nitrogen and oxygen atoms in total. The molecular formula is C17H19ClN2O. The van der Waals surface area contributed by atoms with E-state index in [0.717, 1.165) is 17.1 Å². The molecule has 0 spiro atoms. The summed E-state index contributed by atoms with van der Waals surface area (Å²) in [4.78, 5) is 11.9. The number of hydrogen-bond donors (Lipinski definition) is 2. The van der Waals surface area contributed by atoms with Gasteiger partial charge in [-0.05, 0) is 48.5 Å². The fourth-order valence-corrected chi connectivity index (χ4v) is 1.78. The first-order valence-electron chi connectivity index (χ1n) is 6.79. The molecule has 0 saturated carbocycles. The molecule has 0 atom stereocenters. The third-order valence-corrected chi connectivity index (χ3v) is 3.21. The first-order chi connectivity index (χ1) is 9.84. The molecule has 0 radical (unpaired) electrons. The summed E-state index contributed by atoms with van der Waals surface area (Å²) in [5, 5.41) is 6.88. The molecule has 21 heavy (non-hydrogen) atoms. The van der Waals surface area contributed by atoms with Gasteiger partial charge in [0.15, 0.2) is 0 Å². The first kappa shape index (κ1) is 15.4. The Morgan fingerprint density at radius 3 is 1.76 bits per heavy atom. The highest BCUT2D eigenvalue weighted by atomic mass is 35.5. The lowest BCUT2D eigenvalue weighted by molar-refractivity contribution is -0.123. The Kier molecular flexibility index (Phi) is 4.53. The lowest BCUT2D eigenvalue weighted by Gasteiger charge is -2.17. The van der Waals surface area contributed by atoms with E-state index in [2.05, 4.69) is 10.6 Å². The van der Waals surface area contributed by atoms with Crippen molar-refractivity contribution >= 4 is 34.6 Å². The molecular weight excluding hydrogens is 284 g/mol. The van der Waals surface area contributed by atoms with Crippen LogP contribution >= 0.6 is 11.6 Å². The predicted molar refractivity (Wildman–Crippen MR) is 89.3 cm³/mol. The van der Waals surface area contributed by atoms with Crippen molar-refractivity contribution in [3.63, 3.8) is 0 Å². The average molecular weight is 303 g/mol. The van der Waals surface area contributed by atoms with Crippen LogP contribution in [0.25, 0.3) is 0 Å². The summed E-state index contributed by atoms with van der Waals surface area (Å²) in [6, 6.07) is 15.1. The quantitative estimate of drug-likeness (QED) is 0.831. The fourth-order valence-electron chi connectivity index (χ4n) is 1.66. The minimum absolute atomic E-state index is 0.000843. The van der Waals surface area contributed by atoms with Gasteiger partial charge in [0, 0.05) is 27.5 Å². The molecule has 2 N–H and O–H groups in total. The number of carbonyl (C=O) groups excluding carboxylic acids is 1. The van der Waals surface area contributed by atoms with Crippen LogP contribution in [0.1, 0.15) is 20.8 Å². The third kappa shape index (κ3) is 4.50. The topological polar surface area (TPSA) is 41.1 Å². The summed E-state index contributed by atoms with van der Waals surface area (Å²) in [6.07, 6.45) is 0. The minimum Gasteiger partial charge on any atom is -0.356 e. The van der Waals surface area contributed by atoms with E-state index >= 15 is 0 Å². The minimum atomic E-state index is -0.403. The molecule has 2 aromatic rings. The van der Waals surface area contributed by atoms with E-state index in [9.17, 15) is 4.79 Å². The van der Waals surface area contributed by atoms with E-state index in [0.29, 0.717) is 5.02 Å². The van der Waals surface area contributed by atoms with Gasteiger partial charge in [0.25, 0.3) is 0 Å². The fraction of sp³-hybridized carbons (Fsp3) is 0.235. The van der Waals surface area contributed by atoms with Gasteiger partial charge < -0.3 is 10.6 Å². The molecule has 110 valence electrons. The van der Waals surface area contributed by atoms with Crippen molar-refractivity contribution in [2.75, 3.05) is 10.6 Å². The smallest absolute Gasteiger partial charge is 0.229 e. The van der Waals surface area contributed by atoms with Gasteiger partial charge in [0.1, 0.15) is 0 Å². The third-order valence-electron chi connectivity index (χ3n) is 2.96. The second-order valence-electron chi connectivity index (χ2n) is 5.91. The Morgan fingerprint density at radius 1 is 0.857 bits per heavy atom. The second kappa shape index (κ2) is 6.19. The molecule has 0 bridgehead atoms. The maximum atomic E-state index is 11.9. The van der Waals surface area contributed by atoms with Crippen LogP contribution in [0.15, 0.2) is 48.5 Å². The lowest BCUT2D eigenvalue weighted by atomic mass is 9.95. The zero-order chi connectivity index (χ0) is 15.5. The first-order valence-corrected chi connectivity index (χ1v) is 7.16.